The summed E-state index contributed by atoms with van der Waals surface area (Å²) < 4.78 is 1.30. The molecule has 0 radical (unpaired) electrons. The summed E-state index contributed by atoms with van der Waals surface area (Å²) in [6, 6.07) is 6.56. The van der Waals surface area contributed by atoms with Gasteiger partial charge in [0.05, 0.1) is 15.2 Å². The fourth-order valence-electron chi connectivity index (χ4n) is 1.65. The van der Waals surface area contributed by atoms with Crippen LogP contribution in [-0.4, -0.2) is 4.98 Å². The van der Waals surface area contributed by atoms with Gasteiger partial charge in [0.15, 0.2) is 0 Å². The average Bonchev–Trinajstić information content (AvgIpc) is 2.69. The molecule has 0 aliphatic heterocycles. The van der Waals surface area contributed by atoms with Gasteiger partial charge in [0, 0.05) is 0 Å². The maximum absolute atomic E-state index is 4.58. The highest BCUT2D eigenvalue weighted by Crippen LogP contribution is 2.27. The Hall–Kier alpha value is -1.15. The third-order valence-electron chi connectivity index (χ3n) is 2.92. The molecule has 2 rings (SSSR count). The topological polar surface area (TPSA) is 12.9 Å². The molecule has 0 aliphatic rings. The minimum absolute atomic E-state index is 1.02. The maximum atomic E-state index is 4.58. The van der Waals surface area contributed by atoms with Crippen LogP contribution in [0.5, 0.6) is 0 Å². The van der Waals surface area contributed by atoms with Crippen molar-refractivity contribution < 1.29 is 0 Å². The number of rotatable bonds is 2. The third-order valence-corrected chi connectivity index (χ3v) is 4.08. The van der Waals surface area contributed by atoms with Crippen LogP contribution in [0.15, 0.2) is 23.8 Å². The van der Waals surface area contributed by atoms with Gasteiger partial charge in [0.1, 0.15) is 0 Å². The molecule has 1 nitrogen and oxygen atoms in total. The molecule has 84 valence electrons. The van der Waals surface area contributed by atoms with E-state index < -0.39 is 0 Å². The first-order valence-corrected chi connectivity index (χ1v) is 6.47. The van der Waals surface area contributed by atoms with Crippen LogP contribution in [-0.2, 0) is 6.42 Å². The first kappa shape index (κ1) is 11.3. The van der Waals surface area contributed by atoms with Crippen LogP contribution >= 0.6 is 11.3 Å². The molecular formula is C14H17NS. The lowest BCUT2D eigenvalue weighted by Crippen LogP contribution is -1.81. The lowest BCUT2D eigenvalue weighted by atomic mass is 10.0. The first-order valence-electron chi connectivity index (χ1n) is 5.65. The molecule has 0 unspecified atom stereocenters. The van der Waals surface area contributed by atoms with Crippen LogP contribution < -0.4 is 0 Å². The Labute approximate surface area is 101 Å². The monoisotopic (exact) mass is 231 g/mol. The van der Waals surface area contributed by atoms with Crippen LogP contribution in [0.1, 0.15) is 38.3 Å². The summed E-state index contributed by atoms with van der Waals surface area (Å²) in [5, 5.41) is 1.22. The Balaban J connectivity index is 2.55. The van der Waals surface area contributed by atoms with Gasteiger partial charge in [-0.05, 0) is 50.5 Å². The van der Waals surface area contributed by atoms with E-state index in [4.69, 9.17) is 0 Å². The zero-order chi connectivity index (χ0) is 11.7. The summed E-state index contributed by atoms with van der Waals surface area (Å²) in [5.74, 6) is 0. The zero-order valence-electron chi connectivity index (χ0n) is 10.3. The fourth-order valence-corrected chi connectivity index (χ4v) is 2.59. The lowest BCUT2D eigenvalue weighted by Gasteiger charge is -2.03. The molecule has 2 aromatic rings. The summed E-state index contributed by atoms with van der Waals surface area (Å²) >= 11 is 1.81. The zero-order valence-corrected chi connectivity index (χ0v) is 11.1. The van der Waals surface area contributed by atoms with Crippen molar-refractivity contribution in [3.63, 3.8) is 0 Å². The highest BCUT2D eigenvalue weighted by atomic mass is 32.1. The molecular weight excluding hydrogens is 214 g/mol. The Kier molecular flexibility index (Phi) is 3.10. The largest absolute Gasteiger partial charge is 0.241 e. The Morgan fingerprint density at radius 3 is 2.62 bits per heavy atom. The van der Waals surface area contributed by atoms with Gasteiger partial charge in [-0.1, -0.05) is 18.6 Å². The smallest absolute Gasteiger partial charge is 0.0935 e. The molecule has 0 saturated carbocycles. The molecule has 0 fully saturated rings. The second-order valence-corrected chi connectivity index (χ2v) is 5.38. The van der Waals surface area contributed by atoms with Crippen LogP contribution in [0.25, 0.3) is 15.8 Å². The number of benzene rings is 1. The summed E-state index contributed by atoms with van der Waals surface area (Å²) in [6.45, 7) is 8.64. The van der Waals surface area contributed by atoms with Crippen molar-refractivity contribution in [3.05, 3.63) is 34.3 Å². The van der Waals surface area contributed by atoms with E-state index in [1.165, 1.54) is 26.4 Å². The summed E-state index contributed by atoms with van der Waals surface area (Å²) in [5.41, 5.74) is 5.19. The molecule has 0 N–H and O–H groups in total. The highest BCUT2D eigenvalue weighted by molar-refractivity contribution is 7.18. The lowest BCUT2D eigenvalue weighted by molar-refractivity contribution is 1.11. The number of thiazole rings is 1. The van der Waals surface area contributed by atoms with Crippen molar-refractivity contribution in [1.82, 2.24) is 4.98 Å². The van der Waals surface area contributed by atoms with E-state index in [-0.39, 0.29) is 0 Å². The predicted molar refractivity (Wildman–Crippen MR) is 72.9 cm³/mol. The number of nitrogens with zero attached hydrogens (tertiary/aromatic N) is 1. The normalized spacial score (nSPS) is 10.8. The molecule has 0 saturated heterocycles. The van der Waals surface area contributed by atoms with E-state index in [2.05, 4.69) is 50.9 Å². The Bertz CT molecular complexity index is 545. The van der Waals surface area contributed by atoms with Gasteiger partial charge in [-0.25, -0.2) is 4.98 Å². The fraction of sp³-hybridized carbons (Fsp3) is 0.357. The molecule has 0 bridgehead atoms. The van der Waals surface area contributed by atoms with Crippen LogP contribution in [0, 0.1) is 0 Å². The summed E-state index contributed by atoms with van der Waals surface area (Å²) in [6.07, 6.45) is 1.02. The molecule has 1 aromatic heterocycles. The Morgan fingerprint density at radius 2 is 2.00 bits per heavy atom. The number of hydrogen-bond acceptors (Lipinski definition) is 2. The SMILES string of the molecule is CCc1nc2ccc(C(C)=C(C)C)cc2s1. The van der Waals surface area contributed by atoms with Crippen molar-refractivity contribution in [2.75, 3.05) is 0 Å². The summed E-state index contributed by atoms with van der Waals surface area (Å²) in [7, 11) is 0. The Morgan fingerprint density at radius 1 is 1.25 bits per heavy atom. The van der Waals surface area contributed by atoms with Crippen LogP contribution in [0.2, 0.25) is 0 Å². The van der Waals surface area contributed by atoms with E-state index in [1.54, 1.807) is 11.3 Å². The van der Waals surface area contributed by atoms with Gasteiger partial charge < -0.3 is 0 Å². The number of allylic oxidation sites excluding steroid dienone is 2. The molecule has 0 atom stereocenters. The second kappa shape index (κ2) is 4.38. The second-order valence-electron chi connectivity index (χ2n) is 4.27. The van der Waals surface area contributed by atoms with Crippen LogP contribution in [0.4, 0.5) is 0 Å². The number of hydrogen-bond donors (Lipinski definition) is 0. The van der Waals surface area contributed by atoms with Gasteiger partial charge in [0.2, 0.25) is 0 Å². The molecule has 1 heterocycles. The van der Waals surface area contributed by atoms with Crippen molar-refractivity contribution in [3.8, 4) is 0 Å². The standard InChI is InChI=1S/C14H17NS/c1-5-14-15-12-7-6-11(8-13(12)16-14)10(4)9(2)3/h6-8H,5H2,1-4H3. The van der Waals surface area contributed by atoms with Crippen molar-refractivity contribution in [1.29, 1.82) is 0 Å². The number of aromatic nitrogens is 1. The van der Waals surface area contributed by atoms with E-state index in [1.807, 2.05) is 0 Å². The third kappa shape index (κ3) is 2.03. The van der Waals surface area contributed by atoms with Crippen molar-refractivity contribution >= 4 is 27.1 Å². The quantitative estimate of drug-likeness (QED) is 0.731. The van der Waals surface area contributed by atoms with Gasteiger partial charge in [-0.2, -0.15) is 0 Å². The molecule has 1 aromatic carbocycles. The predicted octanol–water partition coefficient (Wildman–Crippen LogP) is 4.67. The van der Waals surface area contributed by atoms with Crippen molar-refractivity contribution in [2.24, 2.45) is 0 Å². The molecule has 0 aliphatic carbocycles. The molecule has 2 heteroatoms. The first-order chi connectivity index (χ1) is 7.61. The average molecular weight is 231 g/mol. The van der Waals surface area contributed by atoms with E-state index in [9.17, 15) is 0 Å². The maximum Gasteiger partial charge on any atom is 0.0935 e. The summed E-state index contributed by atoms with van der Waals surface area (Å²) in [4.78, 5) is 4.58. The van der Waals surface area contributed by atoms with Gasteiger partial charge in [-0.15, -0.1) is 11.3 Å². The minimum Gasteiger partial charge on any atom is -0.241 e. The minimum atomic E-state index is 1.02. The van der Waals surface area contributed by atoms with E-state index in [0.717, 1.165) is 11.9 Å². The molecule has 0 spiro atoms. The number of fused-ring (bicyclic) bond motifs is 1. The van der Waals surface area contributed by atoms with Gasteiger partial charge >= 0.3 is 0 Å². The molecule has 0 amide bonds. The van der Waals surface area contributed by atoms with E-state index in [0.29, 0.717) is 0 Å². The number of aryl methyl sites for hydroxylation is 1. The van der Waals surface area contributed by atoms with Gasteiger partial charge in [-0.3, -0.25) is 0 Å². The van der Waals surface area contributed by atoms with Crippen molar-refractivity contribution in [2.45, 2.75) is 34.1 Å². The van der Waals surface area contributed by atoms with Gasteiger partial charge in [0.25, 0.3) is 0 Å². The highest BCUT2D eigenvalue weighted by Gasteiger charge is 2.04. The van der Waals surface area contributed by atoms with E-state index >= 15 is 0 Å². The van der Waals surface area contributed by atoms with Crippen LogP contribution in [0.3, 0.4) is 0 Å². The molecule has 16 heavy (non-hydrogen) atoms.